The maximum atomic E-state index is 8.71. The van der Waals surface area contributed by atoms with Crippen LogP contribution in [0.1, 0.15) is 12.0 Å². The highest BCUT2D eigenvalue weighted by atomic mass is 15.4. The molecule has 3 N–H and O–H groups in total. The number of nitriles is 1. The zero-order valence-electron chi connectivity index (χ0n) is 10.6. The Labute approximate surface area is 111 Å². The van der Waals surface area contributed by atoms with Gasteiger partial charge in [0.15, 0.2) is 0 Å². The maximum absolute atomic E-state index is 8.71. The molecular formula is C13H16N6. The van der Waals surface area contributed by atoms with Gasteiger partial charge < -0.3 is 11.1 Å². The number of nitrogens with two attached hydrogens (primary N) is 1. The third kappa shape index (κ3) is 3.71. The van der Waals surface area contributed by atoms with Gasteiger partial charge in [0.25, 0.3) is 0 Å². The molecule has 1 aromatic heterocycles. The molecule has 0 bridgehead atoms. The van der Waals surface area contributed by atoms with Crippen molar-refractivity contribution < 1.29 is 0 Å². The van der Waals surface area contributed by atoms with E-state index >= 15 is 0 Å². The Morgan fingerprint density at radius 1 is 1.42 bits per heavy atom. The molecule has 98 valence electrons. The van der Waals surface area contributed by atoms with E-state index in [-0.39, 0.29) is 0 Å². The van der Waals surface area contributed by atoms with Crippen molar-refractivity contribution in [3.63, 3.8) is 0 Å². The summed E-state index contributed by atoms with van der Waals surface area (Å²) in [5.74, 6) is 0. The second-order valence-corrected chi connectivity index (χ2v) is 4.19. The molecule has 0 aliphatic carbocycles. The average Bonchev–Trinajstić information content (AvgIpc) is 2.92. The molecule has 0 aliphatic heterocycles. The molecule has 0 unspecified atom stereocenters. The van der Waals surface area contributed by atoms with Crippen LogP contribution in [0.2, 0.25) is 0 Å². The Hall–Kier alpha value is -2.55. The Balaban J connectivity index is 1.82. The lowest BCUT2D eigenvalue weighted by atomic mass is 10.1. The summed E-state index contributed by atoms with van der Waals surface area (Å²) in [6.07, 6.45) is 4.79. The number of anilines is 2. The first-order chi connectivity index (χ1) is 9.29. The summed E-state index contributed by atoms with van der Waals surface area (Å²) in [5.41, 5.74) is 8.31. The lowest BCUT2D eigenvalue weighted by Gasteiger charge is -2.09. The van der Waals surface area contributed by atoms with Crippen LogP contribution in [0.5, 0.6) is 0 Å². The first-order valence-electron chi connectivity index (χ1n) is 6.13. The Kier molecular flexibility index (Phi) is 4.34. The molecule has 19 heavy (non-hydrogen) atoms. The summed E-state index contributed by atoms with van der Waals surface area (Å²) < 4.78 is 1.80. The molecule has 1 aromatic carbocycles. The number of aromatic nitrogens is 3. The highest BCUT2D eigenvalue weighted by Crippen LogP contribution is 2.18. The van der Waals surface area contributed by atoms with Gasteiger partial charge in [-0.05, 0) is 30.2 Å². The average molecular weight is 256 g/mol. The van der Waals surface area contributed by atoms with Crippen LogP contribution < -0.4 is 11.1 Å². The lowest BCUT2D eigenvalue weighted by Crippen LogP contribution is -2.07. The van der Waals surface area contributed by atoms with Gasteiger partial charge in [-0.25, -0.2) is 0 Å². The molecule has 0 fully saturated rings. The minimum absolute atomic E-state index is 0.334. The lowest BCUT2D eigenvalue weighted by molar-refractivity contribution is 0.570. The second-order valence-electron chi connectivity index (χ2n) is 4.19. The van der Waals surface area contributed by atoms with Gasteiger partial charge in [-0.1, -0.05) is 5.21 Å². The van der Waals surface area contributed by atoms with Crippen molar-refractivity contribution in [2.24, 2.45) is 0 Å². The van der Waals surface area contributed by atoms with E-state index in [0.29, 0.717) is 12.1 Å². The molecule has 0 amide bonds. The van der Waals surface area contributed by atoms with Crippen molar-refractivity contribution >= 4 is 11.4 Å². The van der Waals surface area contributed by atoms with Crippen molar-refractivity contribution in [2.45, 2.75) is 19.4 Å². The van der Waals surface area contributed by atoms with Crippen LogP contribution in [0, 0.1) is 11.3 Å². The van der Waals surface area contributed by atoms with Gasteiger partial charge in [-0.3, -0.25) is 4.68 Å². The number of nitrogens with zero attached hydrogens (tertiary/aromatic N) is 4. The van der Waals surface area contributed by atoms with Crippen molar-refractivity contribution in [3.05, 3.63) is 36.2 Å². The second kappa shape index (κ2) is 6.40. The quantitative estimate of drug-likeness (QED) is 0.602. The van der Waals surface area contributed by atoms with Crippen LogP contribution in [0.15, 0.2) is 30.6 Å². The van der Waals surface area contributed by atoms with E-state index in [9.17, 15) is 0 Å². The fourth-order valence-corrected chi connectivity index (χ4v) is 1.78. The Morgan fingerprint density at radius 2 is 2.32 bits per heavy atom. The molecule has 1 heterocycles. The van der Waals surface area contributed by atoms with Gasteiger partial charge >= 0.3 is 0 Å². The van der Waals surface area contributed by atoms with Crippen molar-refractivity contribution in [3.8, 4) is 6.07 Å². The van der Waals surface area contributed by atoms with Gasteiger partial charge in [-0.2, -0.15) is 5.26 Å². The number of benzene rings is 1. The first-order valence-corrected chi connectivity index (χ1v) is 6.13. The van der Waals surface area contributed by atoms with E-state index in [0.717, 1.165) is 30.8 Å². The molecule has 0 saturated heterocycles. The van der Waals surface area contributed by atoms with E-state index in [4.69, 9.17) is 11.0 Å². The molecule has 6 heteroatoms. The van der Waals surface area contributed by atoms with Crippen molar-refractivity contribution in [1.29, 1.82) is 5.26 Å². The van der Waals surface area contributed by atoms with E-state index < -0.39 is 0 Å². The molecule has 0 atom stereocenters. The molecule has 0 radical (unpaired) electrons. The number of hydrogen-bond donors (Lipinski definition) is 2. The van der Waals surface area contributed by atoms with Crippen LogP contribution in [-0.4, -0.2) is 21.5 Å². The van der Waals surface area contributed by atoms with Crippen molar-refractivity contribution in [2.75, 3.05) is 17.6 Å². The largest absolute Gasteiger partial charge is 0.398 e. The summed E-state index contributed by atoms with van der Waals surface area (Å²) in [5, 5.41) is 19.7. The van der Waals surface area contributed by atoms with Crippen molar-refractivity contribution in [1.82, 2.24) is 15.0 Å². The highest BCUT2D eigenvalue weighted by Gasteiger charge is 2.00. The summed E-state index contributed by atoms with van der Waals surface area (Å²) >= 11 is 0. The van der Waals surface area contributed by atoms with Gasteiger partial charge in [0.05, 0.1) is 18.7 Å². The van der Waals surface area contributed by atoms with Crippen LogP contribution >= 0.6 is 0 Å². The maximum Gasteiger partial charge on any atom is 0.0692 e. The SMILES string of the molecule is N#CCc1cc(NCCCn2ccnn2)ccc1N. The molecule has 0 spiro atoms. The highest BCUT2D eigenvalue weighted by molar-refractivity contribution is 5.57. The Bertz CT molecular complexity index is 555. The van der Waals surface area contributed by atoms with Gasteiger partial charge in [-0.15, -0.1) is 5.10 Å². The number of hydrogen-bond acceptors (Lipinski definition) is 5. The molecular weight excluding hydrogens is 240 g/mol. The van der Waals surface area contributed by atoms with E-state index in [1.54, 1.807) is 10.9 Å². The predicted molar refractivity (Wildman–Crippen MR) is 73.3 cm³/mol. The fraction of sp³-hybridized carbons (Fsp3) is 0.308. The van der Waals surface area contributed by atoms with Gasteiger partial charge in [0.1, 0.15) is 0 Å². The molecule has 0 saturated carbocycles. The summed E-state index contributed by atoms with van der Waals surface area (Å²) in [7, 11) is 0. The number of rotatable bonds is 6. The summed E-state index contributed by atoms with van der Waals surface area (Å²) in [6.45, 7) is 1.66. The standard InChI is InChI=1S/C13H16N6/c14-5-4-11-10-12(2-3-13(11)15)16-6-1-8-19-9-7-17-18-19/h2-3,7,9-10,16H,1,4,6,8,15H2. The van der Waals surface area contributed by atoms with Crippen LogP contribution in [-0.2, 0) is 13.0 Å². The third-order valence-electron chi connectivity index (χ3n) is 2.78. The van der Waals surface area contributed by atoms with Crippen LogP contribution in [0.3, 0.4) is 0 Å². The smallest absolute Gasteiger partial charge is 0.0692 e. The Morgan fingerprint density at radius 3 is 3.05 bits per heavy atom. The zero-order valence-corrected chi connectivity index (χ0v) is 10.6. The summed E-state index contributed by atoms with van der Waals surface area (Å²) in [6, 6.07) is 7.78. The molecule has 2 aromatic rings. The summed E-state index contributed by atoms with van der Waals surface area (Å²) in [4.78, 5) is 0. The van der Waals surface area contributed by atoms with Gasteiger partial charge in [0.2, 0.25) is 0 Å². The predicted octanol–water partition coefficient (Wildman–Crippen LogP) is 1.43. The minimum atomic E-state index is 0.334. The van der Waals surface area contributed by atoms with E-state index in [1.807, 2.05) is 24.4 Å². The topological polar surface area (TPSA) is 92.5 Å². The van der Waals surface area contributed by atoms with Crippen LogP contribution in [0.25, 0.3) is 0 Å². The first kappa shape index (κ1) is 12.9. The van der Waals surface area contributed by atoms with Crippen LogP contribution in [0.4, 0.5) is 11.4 Å². The third-order valence-corrected chi connectivity index (χ3v) is 2.78. The van der Waals surface area contributed by atoms with E-state index in [1.165, 1.54) is 0 Å². The normalized spacial score (nSPS) is 10.1. The fourth-order valence-electron chi connectivity index (χ4n) is 1.78. The minimum Gasteiger partial charge on any atom is -0.398 e. The number of nitrogens with one attached hydrogen (secondary N) is 1. The number of nitrogen functional groups attached to an aromatic ring is 1. The van der Waals surface area contributed by atoms with E-state index in [2.05, 4.69) is 21.7 Å². The zero-order chi connectivity index (χ0) is 13.5. The number of aryl methyl sites for hydroxylation is 1. The molecule has 2 rings (SSSR count). The monoisotopic (exact) mass is 256 g/mol. The molecule has 0 aliphatic rings. The van der Waals surface area contributed by atoms with Gasteiger partial charge in [0, 0.05) is 30.7 Å². The molecule has 6 nitrogen and oxygen atoms in total.